The van der Waals surface area contributed by atoms with Gasteiger partial charge < -0.3 is 20.7 Å². The molecule has 1 aromatic rings. The number of piperazine rings is 1. The summed E-state index contributed by atoms with van der Waals surface area (Å²) in [5.41, 5.74) is 5.81. The van der Waals surface area contributed by atoms with Crippen molar-refractivity contribution < 1.29 is 18.7 Å². The second-order valence-electron chi connectivity index (χ2n) is 5.96. The standard InChI is InChI=1S/C17H25FN4O3.2ClH/c1-25-12-15(19)17(24)22-10-8-21(9-11-22)7-6-20-16(23)13-4-2-3-5-14(13)18;;/h2-5,15H,6-12,19H2,1H3,(H,20,23);2*1H. The molecular weight excluding hydrogens is 398 g/mol. The Labute approximate surface area is 171 Å². The molecule has 1 aromatic carbocycles. The molecule has 0 radical (unpaired) electrons. The van der Waals surface area contributed by atoms with Gasteiger partial charge >= 0.3 is 0 Å². The van der Waals surface area contributed by atoms with Gasteiger partial charge in [-0.05, 0) is 12.1 Å². The maximum absolute atomic E-state index is 13.5. The molecule has 0 spiro atoms. The summed E-state index contributed by atoms with van der Waals surface area (Å²) in [5.74, 6) is -1.05. The Balaban J connectivity index is 0.00000338. The van der Waals surface area contributed by atoms with Crippen LogP contribution in [0, 0.1) is 5.82 Å². The van der Waals surface area contributed by atoms with E-state index in [0.717, 1.165) is 0 Å². The lowest BCUT2D eigenvalue weighted by atomic mass is 10.2. The van der Waals surface area contributed by atoms with E-state index in [1.807, 2.05) is 0 Å². The summed E-state index contributed by atoms with van der Waals surface area (Å²) in [6.45, 7) is 3.88. The lowest BCUT2D eigenvalue weighted by Crippen LogP contribution is -2.54. The van der Waals surface area contributed by atoms with Crippen LogP contribution >= 0.6 is 24.8 Å². The fourth-order valence-electron chi connectivity index (χ4n) is 2.75. The molecule has 1 atom stereocenters. The topological polar surface area (TPSA) is 87.9 Å². The molecule has 1 aliphatic heterocycles. The zero-order valence-corrected chi connectivity index (χ0v) is 16.9. The summed E-state index contributed by atoms with van der Waals surface area (Å²) in [5, 5.41) is 2.72. The third-order valence-corrected chi connectivity index (χ3v) is 4.18. The van der Waals surface area contributed by atoms with Gasteiger partial charge in [-0.2, -0.15) is 0 Å². The van der Waals surface area contributed by atoms with Gasteiger partial charge in [-0.1, -0.05) is 12.1 Å². The molecule has 0 saturated carbocycles. The maximum Gasteiger partial charge on any atom is 0.254 e. The van der Waals surface area contributed by atoms with E-state index in [9.17, 15) is 14.0 Å². The first-order valence-electron chi connectivity index (χ1n) is 8.31. The van der Waals surface area contributed by atoms with Crippen LogP contribution in [0.4, 0.5) is 4.39 Å². The van der Waals surface area contributed by atoms with E-state index in [4.69, 9.17) is 10.5 Å². The summed E-state index contributed by atoms with van der Waals surface area (Å²) in [4.78, 5) is 27.9. The number of amides is 2. The molecule has 1 fully saturated rings. The molecular formula is C17H27Cl2FN4O3. The van der Waals surface area contributed by atoms with Crippen LogP contribution in [0.3, 0.4) is 0 Å². The van der Waals surface area contributed by atoms with Crippen molar-refractivity contribution in [1.29, 1.82) is 0 Å². The van der Waals surface area contributed by atoms with E-state index in [-0.39, 0.29) is 42.9 Å². The smallest absolute Gasteiger partial charge is 0.254 e. The van der Waals surface area contributed by atoms with Crippen LogP contribution in [0.2, 0.25) is 0 Å². The van der Waals surface area contributed by atoms with E-state index in [2.05, 4.69) is 10.2 Å². The highest BCUT2D eigenvalue weighted by Crippen LogP contribution is 2.06. The first-order valence-corrected chi connectivity index (χ1v) is 8.31. The molecule has 0 bridgehead atoms. The van der Waals surface area contributed by atoms with Crippen molar-refractivity contribution in [1.82, 2.24) is 15.1 Å². The first-order chi connectivity index (χ1) is 12.0. The van der Waals surface area contributed by atoms with Crippen LogP contribution in [0.1, 0.15) is 10.4 Å². The van der Waals surface area contributed by atoms with Crippen molar-refractivity contribution in [3.63, 3.8) is 0 Å². The average Bonchev–Trinajstić information content (AvgIpc) is 2.62. The first kappa shape index (κ1) is 25.6. The monoisotopic (exact) mass is 424 g/mol. The molecule has 2 amide bonds. The Hall–Kier alpha value is -1.45. The summed E-state index contributed by atoms with van der Waals surface area (Å²) >= 11 is 0. The van der Waals surface area contributed by atoms with Gasteiger partial charge in [0, 0.05) is 46.4 Å². The molecule has 0 aliphatic carbocycles. The summed E-state index contributed by atoms with van der Waals surface area (Å²) in [6.07, 6.45) is 0. The van der Waals surface area contributed by atoms with Crippen molar-refractivity contribution in [2.45, 2.75) is 6.04 Å². The van der Waals surface area contributed by atoms with Crippen molar-refractivity contribution in [2.75, 3.05) is 53.0 Å². The molecule has 0 aromatic heterocycles. The predicted molar refractivity (Wildman–Crippen MR) is 106 cm³/mol. The predicted octanol–water partition coefficient (Wildman–Crippen LogP) is 0.517. The Kier molecular flexibility index (Phi) is 12.2. The third kappa shape index (κ3) is 7.59. The summed E-state index contributed by atoms with van der Waals surface area (Å²) in [6, 6.07) is 5.27. The number of hydrogen-bond acceptors (Lipinski definition) is 5. The van der Waals surface area contributed by atoms with Gasteiger partial charge in [-0.15, -0.1) is 24.8 Å². The minimum Gasteiger partial charge on any atom is -0.383 e. The molecule has 1 aliphatic rings. The number of carbonyl (C=O) groups is 2. The van der Waals surface area contributed by atoms with Crippen LogP contribution in [-0.4, -0.2) is 80.6 Å². The van der Waals surface area contributed by atoms with Gasteiger partial charge in [-0.25, -0.2) is 4.39 Å². The van der Waals surface area contributed by atoms with E-state index >= 15 is 0 Å². The number of methoxy groups -OCH3 is 1. The normalized spacial score (nSPS) is 15.3. The van der Waals surface area contributed by atoms with Gasteiger partial charge in [0.25, 0.3) is 5.91 Å². The van der Waals surface area contributed by atoms with E-state index in [1.54, 1.807) is 17.0 Å². The number of halogens is 3. The van der Waals surface area contributed by atoms with Crippen LogP contribution in [-0.2, 0) is 9.53 Å². The number of benzene rings is 1. The SMILES string of the molecule is COCC(N)C(=O)N1CCN(CCNC(=O)c2ccccc2F)CC1.Cl.Cl. The van der Waals surface area contributed by atoms with Crippen molar-refractivity contribution >= 4 is 36.6 Å². The van der Waals surface area contributed by atoms with Crippen molar-refractivity contribution in [3.8, 4) is 0 Å². The van der Waals surface area contributed by atoms with Crippen LogP contribution in [0.25, 0.3) is 0 Å². The molecule has 2 rings (SSSR count). The highest BCUT2D eigenvalue weighted by molar-refractivity contribution is 5.94. The van der Waals surface area contributed by atoms with E-state index in [0.29, 0.717) is 39.3 Å². The van der Waals surface area contributed by atoms with Crippen molar-refractivity contribution in [3.05, 3.63) is 35.6 Å². The Morgan fingerprint density at radius 1 is 1.22 bits per heavy atom. The lowest BCUT2D eigenvalue weighted by Gasteiger charge is -2.35. The molecule has 27 heavy (non-hydrogen) atoms. The Morgan fingerprint density at radius 3 is 2.44 bits per heavy atom. The molecule has 1 heterocycles. The van der Waals surface area contributed by atoms with Gasteiger partial charge in [0.15, 0.2) is 0 Å². The fraction of sp³-hybridized carbons (Fsp3) is 0.529. The Bertz CT molecular complexity index is 601. The molecule has 154 valence electrons. The van der Waals surface area contributed by atoms with Crippen LogP contribution in [0.15, 0.2) is 24.3 Å². The minimum atomic E-state index is -0.628. The lowest BCUT2D eigenvalue weighted by molar-refractivity contribution is -0.135. The molecule has 1 unspecified atom stereocenters. The number of rotatable bonds is 7. The third-order valence-electron chi connectivity index (χ3n) is 4.18. The zero-order valence-electron chi connectivity index (χ0n) is 15.2. The number of carbonyl (C=O) groups excluding carboxylic acids is 2. The number of nitrogens with zero attached hydrogens (tertiary/aromatic N) is 2. The number of hydrogen-bond donors (Lipinski definition) is 2. The van der Waals surface area contributed by atoms with E-state index < -0.39 is 17.8 Å². The largest absolute Gasteiger partial charge is 0.383 e. The Morgan fingerprint density at radius 2 is 1.85 bits per heavy atom. The van der Waals surface area contributed by atoms with Crippen LogP contribution in [0.5, 0.6) is 0 Å². The number of nitrogens with one attached hydrogen (secondary N) is 1. The highest BCUT2D eigenvalue weighted by atomic mass is 35.5. The second-order valence-corrected chi connectivity index (χ2v) is 5.96. The molecule has 1 saturated heterocycles. The molecule has 10 heteroatoms. The van der Waals surface area contributed by atoms with Gasteiger partial charge in [0.2, 0.25) is 5.91 Å². The van der Waals surface area contributed by atoms with Gasteiger partial charge in [0.1, 0.15) is 11.9 Å². The quantitative estimate of drug-likeness (QED) is 0.665. The maximum atomic E-state index is 13.5. The van der Waals surface area contributed by atoms with Gasteiger partial charge in [-0.3, -0.25) is 14.5 Å². The summed E-state index contributed by atoms with van der Waals surface area (Å²) in [7, 11) is 1.51. The minimum absolute atomic E-state index is 0. The molecule has 3 N–H and O–H groups in total. The zero-order chi connectivity index (χ0) is 18.2. The fourth-order valence-corrected chi connectivity index (χ4v) is 2.75. The van der Waals surface area contributed by atoms with Gasteiger partial charge in [0.05, 0.1) is 12.2 Å². The highest BCUT2D eigenvalue weighted by Gasteiger charge is 2.25. The van der Waals surface area contributed by atoms with Crippen molar-refractivity contribution in [2.24, 2.45) is 5.73 Å². The average molecular weight is 425 g/mol. The summed E-state index contributed by atoms with van der Waals surface area (Å²) < 4.78 is 18.4. The number of ether oxygens (including phenoxy) is 1. The second kappa shape index (κ2) is 12.9. The number of nitrogens with two attached hydrogens (primary N) is 1. The molecule has 7 nitrogen and oxygen atoms in total. The van der Waals surface area contributed by atoms with Crippen LogP contribution < -0.4 is 11.1 Å². The van der Waals surface area contributed by atoms with E-state index in [1.165, 1.54) is 19.2 Å².